The van der Waals surface area contributed by atoms with E-state index in [-0.39, 0.29) is 11.6 Å². The van der Waals surface area contributed by atoms with Gasteiger partial charge in [-0.2, -0.15) is 0 Å². The van der Waals surface area contributed by atoms with Gasteiger partial charge in [0.1, 0.15) is 5.69 Å². The van der Waals surface area contributed by atoms with Gasteiger partial charge >= 0.3 is 0 Å². The lowest BCUT2D eigenvalue weighted by Crippen LogP contribution is -2.15. The number of carbonyl (C=O) groups is 1. The second-order valence-electron chi connectivity index (χ2n) is 3.41. The van der Waals surface area contributed by atoms with Crippen LogP contribution in [0.5, 0.6) is 0 Å². The SMILES string of the molecule is NCc1ccccc1NC(=O)c1cnccn1. The average molecular weight is 228 g/mol. The third-order valence-electron chi connectivity index (χ3n) is 2.28. The summed E-state index contributed by atoms with van der Waals surface area (Å²) < 4.78 is 0. The van der Waals surface area contributed by atoms with Crippen LogP contribution in [0.15, 0.2) is 42.9 Å². The molecule has 1 aromatic carbocycles. The molecule has 86 valence electrons. The van der Waals surface area contributed by atoms with E-state index >= 15 is 0 Å². The number of carbonyl (C=O) groups excluding carboxylic acids is 1. The van der Waals surface area contributed by atoms with Crippen LogP contribution in [0.25, 0.3) is 0 Å². The van der Waals surface area contributed by atoms with Gasteiger partial charge in [-0.3, -0.25) is 9.78 Å². The number of aromatic nitrogens is 2. The molecule has 0 bridgehead atoms. The van der Waals surface area contributed by atoms with Crippen molar-refractivity contribution in [3.63, 3.8) is 0 Å². The summed E-state index contributed by atoms with van der Waals surface area (Å²) in [6.45, 7) is 0.372. The van der Waals surface area contributed by atoms with Crippen molar-refractivity contribution in [2.24, 2.45) is 5.73 Å². The topological polar surface area (TPSA) is 80.9 Å². The van der Waals surface area contributed by atoms with Crippen LogP contribution in [-0.4, -0.2) is 15.9 Å². The van der Waals surface area contributed by atoms with E-state index in [0.717, 1.165) is 5.56 Å². The number of benzene rings is 1. The van der Waals surface area contributed by atoms with E-state index in [1.165, 1.54) is 18.6 Å². The standard InChI is InChI=1S/C12H12N4O/c13-7-9-3-1-2-4-10(9)16-12(17)11-8-14-5-6-15-11/h1-6,8H,7,13H2,(H,16,17). The first-order chi connectivity index (χ1) is 8.31. The highest BCUT2D eigenvalue weighted by Gasteiger charge is 2.08. The highest BCUT2D eigenvalue weighted by atomic mass is 16.1. The van der Waals surface area contributed by atoms with Crippen LogP contribution < -0.4 is 11.1 Å². The molecule has 0 saturated heterocycles. The van der Waals surface area contributed by atoms with Gasteiger partial charge in [0.15, 0.2) is 0 Å². The van der Waals surface area contributed by atoms with Crippen LogP contribution >= 0.6 is 0 Å². The van der Waals surface area contributed by atoms with Gasteiger partial charge in [-0.25, -0.2) is 4.98 Å². The van der Waals surface area contributed by atoms with Crippen LogP contribution in [-0.2, 0) is 6.54 Å². The van der Waals surface area contributed by atoms with Crippen LogP contribution in [0.2, 0.25) is 0 Å². The lowest BCUT2D eigenvalue weighted by Gasteiger charge is -2.08. The van der Waals surface area contributed by atoms with E-state index in [1.807, 2.05) is 18.2 Å². The molecule has 0 saturated carbocycles. The summed E-state index contributed by atoms with van der Waals surface area (Å²) in [7, 11) is 0. The number of hydrogen-bond donors (Lipinski definition) is 2. The summed E-state index contributed by atoms with van der Waals surface area (Å²) in [5.41, 5.74) is 7.44. The Morgan fingerprint density at radius 1 is 1.29 bits per heavy atom. The molecule has 0 spiro atoms. The van der Waals surface area contributed by atoms with Crippen molar-refractivity contribution < 1.29 is 4.79 Å². The fourth-order valence-electron chi connectivity index (χ4n) is 1.42. The molecule has 0 unspecified atom stereocenters. The molecule has 2 aromatic rings. The van der Waals surface area contributed by atoms with E-state index in [4.69, 9.17) is 5.73 Å². The Balaban J connectivity index is 2.19. The van der Waals surface area contributed by atoms with Crippen molar-refractivity contribution in [3.05, 3.63) is 54.1 Å². The number of hydrogen-bond acceptors (Lipinski definition) is 4. The first-order valence-electron chi connectivity index (χ1n) is 5.16. The number of nitrogens with zero attached hydrogens (tertiary/aromatic N) is 2. The van der Waals surface area contributed by atoms with Gasteiger partial charge in [0.05, 0.1) is 6.20 Å². The molecular formula is C12H12N4O. The number of nitrogens with one attached hydrogen (secondary N) is 1. The molecule has 2 rings (SSSR count). The third-order valence-corrected chi connectivity index (χ3v) is 2.28. The molecule has 0 aliphatic carbocycles. The summed E-state index contributed by atoms with van der Waals surface area (Å²) >= 11 is 0. The van der Waals surface area contributed by atoms with Gasteiger partial charge in [-0.05, 0) is 11.6 Å². The molecular weight excluding hydrogens is 216 g/mol. The molecule has 0 fully saturated rings. The zero-order valence-corrected chi connectivity index (χ0v) is 9.13. The Labute approximate surface area is 98.7 Å². The molecule has 3 N–H and O–H groups in total. The van der Waals surface area contributed by atoms with Crippen LogP contribution in [0, 0.1) is 0 Å². The van der Waals surface area contributed by atoms with E-state index in [0.29, 0.717) is 12.2 Å². The molecule has 0 aliphatic rings. The zero-order valence-electron chi connectivity index (χ0n) is 9.13. The van der Waals surface area contributed by atoms with Gasteiger partial charge in [0.25, 0.3) is 5.91 Å². The maximum absolute atomic E-state index is 11.8. The van der Waals surface area contributed by atoms with Crippen LogP contribution in [0.1, 0.15) is 16.1 Å². The van der Waals surface area contributed by atoms with Crippen molar-refractivity contribution in [2.45, 2.75) is 6.54 Å². The van der Waals surface area contributed by atoms with Crippen LogP contribution in [0.3, 0.4) is 0 Å². The molecule has 5 nitrogen and oxygen atoms in total. The van der Waals surface area contributed by atoms with E-state index in [2.05, 4.69) is 15.3 Å². The number of anilines is 1. The Hall–Kier alpha value is -2.27. The minimum Gasteiger partial charge on any atom is -0.326 e. The smallest absolute Gasteiger partial charge is 0.275 e. The fourth-order valence-corrected chi connectivity index (χ4v) is 1.42. The molecule has 1 aromatic heterocycles. The first kappa shape index (κ1) is 11.2. The monoisotopic (exact) mass is 228 g/mol. The molecule has 0 atom stereocenters. The maximum atomic E-state index is 11.8. The molecule has 5 heteroatoms. The maximum Gasteiger partial charge on any atom is 0.275 e. The van der Waals surface area contributed by atoms with E-state index in [1.54, 1.807) is 6.07 Å². The predicted octanol–water partition coefficient (Wildman–Crippen LogP) is 1.19. The van der Waals surface area contributed by atoms with Crippen molar-refractivity contribution in [1.29, 1.82) is 0 Å². The normalized spacial score (nSPS) is 9.94. The zero-order chi connectivity index (χ0) is 12.1. The number of amides is 1. The second kappa shape index (κ2) is 5.18. The van der Waals surface area contributed by atoms with Gasteiger partial charge in [-0.15, -0.1) is 0 Å². The molecule has 0 aliphatic heterocycles. The summed E-state index contributed by atoms with van der Waals surface area (Å²) in [4.78, 5) is 19.6. The lowest BCUT2D eigenvalue weighted by molar-refractivity contribution is 0.102. The van der Waals surface area contributed by atoms with Crippen molar-refractivity contribution >= 4 is 11.6 Å². The summed E-state index contributed by atoms with van der Waals surface area (Å²) in [6, 6.07) is 7.38. The number of para-hydroxylation sites is 1. The highest BCUT2D eigenvalue weighted by Crippen LogP contribution is 2.14. The summed E-state index contributed by atoms with van der Waals surface area (Å²) in [5, 5.41) is 2.76. The minimum atomic E-state index is -0.293. The Kier molecular flexibility index (Phi) is 3.42. The van der Waals surface area contributed by atoms with Crippen molar-refractivity contribution in [1.82, 2.24) is 9.97 Å². The molecule has 0 radical (unpaired) electrons. The minimum absolute atomic E-state index is 0.277. The van der Waals surface area contributed by atoms with E-state index < -0.39 is 0 Å². The quantitative estimate of drug-likeness (QED) is 0.826. The second-order valence-corrected chi connectivity index (χ2v) is 3.41. The van der Waals surface area contributed by atoms with Gasteiger partial charge in [0.2, 0.25) is 0 Å². The third kappa shape index (κ3) is 2.64. The highest BCUT2D eigenvalue weighted by molar-refractivity contribution is 6.03. The number of rotatable bonds is 3. The van der Waals surface area contributed by atoms with Gasteiger partial charge in [0, 0.05) is 24.6 Å². The molecule has 1 heterocycles. The van der Waals surface area contributed by atoms with Gasteiger partial charge in [-0.1, -0.05) is 18.2 Å². The summed E-state index contributed by atoms with van der Waals surface area (Å²) in [6.07, 6.45) is 4.41. The van der Waals surface area contributed by atoms with Crippen molar-refractivity contribution in [2.75, 3.05) is 5.32 Å². The predicted molar refractivity (Wildman–Crippen MR) is 64.3 cm³/mol. The largest absolute Gasteiger partial charge is 0.326 e. The van der Waals surface area contributed by atoms with Gasteiger partial charge < -0.3 is 11.1 Å². The lowest BCUT2D eigenvalue weighted by atomic mass is 10.2. The van der Waals surface area contributed by atoms with Crippen LogP contribution in [0.4, 0.5) is 5.69 Å². The Bertz CT molecular complexity index is 513. The Morgan fingerprint density at radius 3 is 2.82 bits per heavy atom. The first-order valence-corrected chi connectivity index (χ1v) is 5.16. The van der Waals surface area contributed by atoms with Crippen molar-refractivity contribution in [3.8, 4) is 0 Å². The average Bonchev–Trinajstić information content (AvgIpc) is 2.40. The Morgan fingerprint density at radius 2 is 2.12 bits per heavy atom. The molecule has 1 amide bonds. The number of nitrogens with two attached hydrogens (primary N) is 1. The summed E-state index contributed by atoms with van der Waals surface area (Å²) in [5.74, 6) is -0.293. The molecule has 17 heavy (non-hydrogen) atoms. The fraction of sp³-hybridized carbons (Fsp3) is 0.0833. The van der Waals surface area contributed by atoms with E-state index in [9.17, 15) is 4.79 Å².